The Bertz CT molecular complexity index is 672. The van der Waals surface area contributed by atoms with E-state index in [1.54, 1.807) is 24.3 Å². The SMILES string of the molecule is COc1ccccc1OCC(=O)OCC(=O)NCc1ccccc1. The van der Waals surface area contributed by atoms with Gasteiger partial charge in [0, 0.05) is 6.54 Å². The minimum Gasteiger partial charge on any atom is -0.493 e. The number of amides is 1. The van der Waals surface area contributed by atoms with Crippen molar-refractivity contribution in [1.29, 1.82) is 0 Å². The zero-order valence-electron chi connectivity index (χ0n) is 13.4. The third-order valence-electron chi connectivity index (χ3n) is 3.11. The van der Waals surface area contributed by atoms with Crippen molar-refractivity contribution in [3.05, 3.63) is 60.2 Å². The van der Waals surface area contributed by atoms with E-state index in [4.69, 9.17) is 14.2 Å². The van der Waals surface area contributed by atoms with Gasteiger partial charge in [-0.3, -0.25) is 4.79 Å². The summed E-state index contributed by atoms with van der Waals surface area (Å²) in [6.07, 6.45) is 0. The summed E-state index contributed by atoms with van der Waals surface area (Å²) in [6, 6.07) is 16.4. The van der Waals surface area contributed by atoms with Crippen LogP contribution in [0, 0.1) is 0 Å². The lowest BCUT2D eigenvalue weighted by atomic mass is 10.2. The molecule has 126 valence electrons. The molecule has 0 saturated carbocycles. The maximum atomic E-state index is 11.6. The van der Waals surface area contributed by atoms with E-state index in [2.05, 4.69) is 5.32 Å². The number of hydrogen-bond donors (Lipinski definition) is 1. The fourth-order valence-electron chi connectivity index (χ4n) is 1.91. The van der Waals surface area contributed by atoms with Crippen LogP contribution in [0.15, 0.2) is 54.6 Å². The number of para-hydroxylation sites is 2. The minimum absolute atomic E-state index is 0.299. The molecule has 0 heterocycles. The highest BCUT2D eigenvalue weighted by Gasteiger charge is 2.10. The molecule has 6 nitrogen and oxygen atoms in total. The van der Waals surface area contributed by atoms with Gasteiger partial charge in [-0.1, -0.05) is 42.5 Å². The molecule has 0 unspecified atom stereocenters. The summed E-state index contributed by atoms with van der Waals surface area (Å²) >= 11 is 0. The quantitative estimate of drug-likeness (QED) is 0.749. The summed E-state index contributed by atoms with van der Waals surface area (Å²) in [5.74, 6) is -0.0448. The van der Waals surface area contributed by atoms with Crippen LogP contribution < -0.4 is 14.8 Å². The normalized spacial score (nSPS) is 9.88. The second-order valence-electron chi connectivity index (χ2n) is 4.86. The van der Waals surface area contributed by atoms with Crippen LogP contribution in [-0.4, -0.2) is 32.2 Å². The van der Waals surface area contributed by atoms with Crippen molar-refractivity contribution in [2.75, 3.05) is 20.3 Å². The van der Waals surface area contributed by atoms with Crippen LogP contribution in [0.1, 0.15) is 5.56 Å². The first-order valence-electron chi connectivity index (χ1n) is 7.41. The Kier molecular flexibility index (Phi) is 6.64. The lowest BCUT2D eigenvalue weighted by molar-refractivity contribution is -0.150. The molecular weight excluding hydrogens is 310 g/mol. The zero-order valence-corrected chi connectivity index (χ0v) is 13.4. The van der Waals surface area contributed by atoms with Crippen LogP contribution in [-0.2, 0) is 20.9 Å². The fourth-order valence-corrected chi connectivity index (χ4v) is 1.91. The van der Waals surface area contributed by atoms with Gasteiger partial charge in [-0.25, -0.2) is 4.79 Å². The van der Waals surface area contributed by atoms with Gasteiger partial charge in [0.1, 0.15) is 0 Å². The topological polar surface area (TPSA) is 73.9 Å². The van der Waals surface area contributed by atoms with Crippen LogP contribution in [0.5, 0.6) is 11.5 Å². The number of carbonyl (C=O) groups excluding carboxylic acids is 2. The fraction of sp³-hybridized carbons (Fsp3) is 0.222. The monoisotopic (exact) mass is 329 g/mol. The van der Waals surface area contributed by atoms with Crippen LogP contribution in [0.4, 0.5) is 0 Å². The standard InChI is InChI=1S/C18H19NO5/c1-22-15-9-5-6-10-16(15)23-13-18(21)24-12-17(20)19-11-14-7-3-2-4-8-14/h2-10H,11-13H2,1H3,(H,19,20). The molecule has 0 atom stereocenters. The van der Waals surface area contributed by atoms with Crippen molar-refractivity contribution in [1.82, 2.24) is 5.32 Å². The van der Waals surface area contributed by atoms with Gasteiger partial charge in [-0.15, -0.1) is 0 Å². The van der Waals surface area contributed by atoms with Gasteiger partial charge in [-0.2, -0.15) is 0 Å². The van der Waals surface area contributed by atoms with Gasteiger partial charge in [0.2, 0.25) is 0 Å². The maximum absolute atomic E-state index is 11.6. The maximum Gasteiger partial charge on any atom is 0.344 e. The molecule has 2 aromatic rings. The third-order valence-corrected chi connectivity index (χ3v) is 3.11. The summed E-state index contributed by atoms with van der Waals surface area (Å²) in [5.41, 5.74) is 0.969. The van der Waals surface area contributed by atoms with Gasteiger partial charge in [0.15, 0.2) is 24.7 Å². The first-order chi connectivity index (χ1) is 11.7. The van der Waals surface area contributed by atoms with Gasteiger partial charge in [-0.05, 0) is 17.7 Å². The van der Waals surface area contributed by atoms with Crippen molar-refractivity contribution in [3.63, 3.8) is 0 Å². The number of benzene rings is 2. The number of esters is 1. The van der Waals surface area contributed by atoms with Crippen molar-refractivity contribution in [2.45, 2.75) is 6.54 Å². The van der Waals surface area contributed by atoms with Crippen LogP contribution >= 0.6 is 0 Å². The Morgan fingerprint density at radius 3 is 2.29 bits per heavy atom. The molecule has 24 heavy (non-hydrogen) atoms. The van der Waals surface area contributed by atoms with E-state index in [1.807, 2.05) is 30.3 Å². The highest BCUT2D eigenvalue weighted by molar-refractivity contribution is 5.80. The number of nitrogens with one attached hydrogen (secondary N) is 1. The van der Waals surface area contributed by atoms with Crippen molar-refractivity contribution >= 4 is 11.9 Å². The molecule has 2 rings (SSSR count). The number of rotatable bonds is 8. The summed E-state index contributed by atoms with van der Waals surface area (Å²) in [5, 5.41) is 2.67. The van der Waals surface area contributed by atoms with Gasteiger partial charge in [0.25, 0.3) is 5.91 Å². The average Bonchev–Trinajstić information content (AvgIpc) is 2.64. The second kappa shape index (κ2) is 9.19. The third kappa shape index (κ3) is 5.64. The largest absolute Gasteiger partial charge is 0.493 e. The first-order valence-corrected chi connectivity index (χ1v) is 7.41. The van der Waals surface area contributed by atoms with E-state index < -0.39 is 5.97 Å². The highest BCUT2D eigenvalue weighted by atomic mass is 16.6. The van der Waals surface area contributed by atoms with Crippen molar-refractivity contribution < 1.29 is 23.8 Å². The number of ether oxygens (including phenoxy) is 3. The van der Waals surface area contributed by atoms with Crippen molar-refractivity contribution in [3.8, 4) is 11.5 Å². The summed E-state index contributed by atoms with van der Waals surface area (Å²) < 4.78 is 15.3. The zero-order chi connectivity index (χ0) is 17.2. The smallest absolute Gasteiger partial charge is 0.344 e. The second-order valence-corrected chi connectivity index (χ2v) is 4.86. The highest BCUT2D eigenvalue weighted by Crippen LogP contribution is 2.25. The summed E-state index contributed by atoms with van der Waals surface area (Å²) in [6.45, 7) is -0.262. The number of hydrogen-bond acceptors (Lipinski definition) is 5. The van der Waals surface area contributed by atoms with Gasteiger partial charge < -0.3 is 19.5 Å². The van der Waals surface area contributed by atoms with Crippen molar-refractivity contribution in [2.24, 2.45) is 0 Å². The lowest BCUT2D eigenvalue weighted by Gasteiger charge is -2.10. The van der Waals surface area contributed by atoms with Gasteiger partial charge >= 0.3 is 5.97 Å². The minimum atomic E-state index is -0.629. The van der Waals surface area contributed by atoms with Crippen LogP contribution in [0.3, 0.4) is 0 Å². The first kappa shape index (κ1) is 17.3. The molecule has 0 radical (unpaired) electrons. The average molecular weight is 329 g/mol. The van der Waals surface area contributed by atoms with E-state index in [0.29, 0.717) is 18.0 Å². The summed E-state index contributed by atoms with van der Waals surface area (Å²) in [7, 11) is 1.51. The number of carbonyl (C=O) groups is 2. The van der Waals surface area contributed by atoms with E-state index in [0.717, 1.165) is 5.56 Å². The van der Waals surface area contributed by atoms with E-state index in [9.17, 15) is 9.59 Å². The molecule has 0 aliphatic carbocycles. The van der Waals surface area contributed by atoms with E-state index >= 15 is 0 Å². The molecule has 0 saturated heterocycles. The predicted molar refractivity (Wildman–Crippen MR) is 87.7 cm³/mol. The van der Waals surface area contributed by atoms with Crippen LogP contribution in [0.25, 0.3) is 0 Å². The molecule has 6 heteroatoms. The van der Waals surface area contributed by atoms with Gasteiger partial charge in [0.05, 0.1) is 7.11 Å². The molecular formula is C18H19NO5. The molecule has 2 aromatic carbocycles. The Hall–Kier alpha value is -3.02. The molecule has 1 amide bonds. The Morgan fingerprint density at radius 2 is 1.58 bits per heavy atom. The number of methoxy groups -OCH3 is 1. The Morgan fingerprint density at radius 1 is 0.917 bits per heavy atom. The molecule has 0 bridgehead atoms. The molecule has 0 aromatic heterocycles. The predicted octanol–water partition coefficient (Wildman–Crippen LogP) is 1.93. The van der Waals surface area contributed by atoms with E-state index in [1.165, 1.54) is 7.11 Å². The Labute approximate surface area is 140 Å². The lowest BCUT2D eigenvalue weighted by Crippen LogP contribution is -2.29. The van der Waals surface area contributed by atoms with E-state index in [-0.39, 0.29) is 19.1 Å². The molecule has 0 aliphatic rings. The molecule has 0 spiro atoms. The molecule has 0 fully saturated rings. The summed E-state index contributed by atoms with van der Waals surface area (Å²) in [4.78, 5) is 23.3. The Balaban J connectivity index is 1.68. The molecule has 1 N–H and O–H groups in total. The molecule has 0 aliphatic heterocycles. The van der Waals surface area contributed by atoms with Crippen LogP contribution in [0.2, 0.25) is 0 Å².